The highest BCUT2D eigenvalue weighted by Gasteiger charge is 2.25. The Morgan fingerprint density at radius 1 is 1.03 bits per heavy atom. The number of esters is 3. The molecule has 0 radical (unpaired) electrons. The second-order valence-corrected chi connectivity index (χ2v) is 9.11. The summed E-state index contributed by atoms with van der Waals surface area (Å²) in [5.41, 5.74) is 7.35. The number of carbonyl (C=O) groups is 4. The predicted molar refractivity (Wildman–Crippen MR) is 129 cm³/mol. The molecule has 12 heteroatoms. The van der Waals surface area contributed by atoms with Gasteiger partial charge in [0.05, 0.1) is 35.0 Å². The van der Waals surface area contributed by atoms with Crippen LogP contribution in [-0.4, -0.2) is 46.2 Å². The fraction of sp³-hybridized carbons (Fsp3) is 0.412. The molecule has 0 fully saturated rings. The summed E-state index contributed by atoms with van der Waals surface area (Å²) in [7, 11) is 0. The summed E-state index contributed by atoms with van der Waals surface area (Å²) >= 11 is 5.82. The third-order valence-corrected chi connectivity index (χ3v) is 6.70. The lowest BCUT2D eigenvalue weighted by molar-refractivity contribution is -0.156. The highest BCUT2D eigenvalue weighted by molar-refractivity contribution is 14.1. The zero-order valence-electron chi connectivity index (χ0n) is 15.8. The Morgan fingerprint density at radius 2 is 1.62 bits per heavy atom. The van der Waals surface area contributed by atoms with E-state index in [-0.39, 0.29) is 25.7 Å². The van der Waals surface area contributed by atoms with Crippen LogP contribution in [0.1, 0.15) is 36.7 Å². The van der Waals surface area contributed by atoms with E-state index in [0.29, 0.717) is 24.0 Å². The lowest BCUT2D eigenvalue weighted by atomic mass is 10.1. The zero-order valence-corrected chi connectivity index (χ0v) is 22.3. The average molecular weight is 744 g/mol. The second kappa shape index (κ2) is 12.1. The maximum absolute atomic E-state index is 13.0. The molecule has 1 unspecified atom stereocenters. The van der Waals surface area contributed by atoms with Gasteiger partial charge in [0.25, 0.3) is 5.91 Å². The number of hydrogen-bond donors (Lipinski definition) is 1. The number of amides is 1. The van der Waals surface area contributed by atoms with Gasteiger partial charge in [0, 0.05) is 39.2 Å². The van der Waals surface area contributed by atoms with Gasteiger partial charge in [0.2, 0.25) is 0 Å². The van der Waals surface area contributed by atoms with E-state index >= 15 is 0 Å². The molecule has 0 saturated carbocycles. The van der Waals surface area contributed by atoms with Gasteiger partial charge in [0.1, 0.15) is 13.2 Å². The molecular formula is C17H19I3N2O7. The third kappa shape index (κ3) is 8.39. The van der Waals surface area contributed by atoms with Crippen molar-refractivity contribution < 1.29 is 33.4 Å². The molecule has 2 N–H and O–H groups in total. The predicted octanol–water partition coefficient (Wildman–Crippen LogP) is 2.83. The van der Waals surface area contributed by atoms with Crippen LogP contribution in [0, 0.1) is 7.14 Å². The van der Waals surface area contributed by atoms with Crippen molar-refractivity contribution in [3.63, 3.8) is 0 Å². The summed E-state index contributed by atoms with van der Waals surface area (Å²) in [6, 6.07) is 1.54. The average Bonchev–Trinajstić information content (AvgIpc) is 2.61. The molecule has 160 valence electrons. The first-order valence-corrected chi connectivity index (χ1v) is 11.2. The van der Waals surface area contributed by atoms with Crippen LogP contribution in [0.2, 0.25) is 0 Å². The summed E-state index contributed by atoms with van der Waals surface area (Å²) < 4.78 is 17.7. The molecule has 9 nitrogen and oxygen atoms in total. The molecule has 1 atom stereocenters. The topological polar surface area (TPSA) is 125 Å². The number of hydrogen-bond acceptors (Lipinski definition) is 8. The Morgan fingerprint density at radius 3 is 2.14 bits per heavy atom. The highest BCUT2D eigenvalue weighted by Crippen LogP contribution is 2.30. The fourth-order valence-corrected chi connectivity index (χ4v) is 4.74. The van der Waals surface area contributed by atoms with E-state index in [2.05, 4.69) is 0 Å². The van der Waals surface area contributed by atoms with Crippen molar-refractivity contribution in [1.29, 1.82) is 0 Å². The molecule has 0 aliphatic heterocycles. The Labute approximate surface area is 209 Å². The first-order chi connectivity index (χ1) is 13.4. The quantitative estimate of drug-likeness (QED) is 0.142. The summed E-state index contributed by atoms with van der Waals surface area (Å²) in [5.74, 6) is -1.92. The minimum absolute atomic E-state index is 0.00644. The number of benzene rings is 1. The monoisotopic (exact) mass is 744 g/mol. The van der Waals surface area contributed by atoms with Crippen molar-refractivity contribution in [2.45, 2.75) is 33.5 Å². The van der Waals surface area contributed by atoms with E-state index in [1.165, 1.54) is 23.9 Å². The van der Waals surface area contributed by atoms with Crippen LogP contribution < -0.4 is 5.73 Å². The smallest absolute Gasteiger partial charge is 0.303 e. The van der Waals surface area contributed by atoms with Gasteiger partial charge in [-0.25, -0.2) is 0 Å². The molecule has 29 heavy (non-hydrogen) atoms. The molecule has 0 spiro atoms. The van der Waals surface area contributed by atoms with Crippen molar-refractivity contribution in [2.24, 2.45) is 0 Å². The van der Waals surface area contributed by atoms with Crippen molar-refractivity contribution in [1.82, 2.24) is 3.11 Å². The van der Waals surface area contributed by atoms with Crippen LogP contribution in [-0.2, 0) is 35.2 Å². The van der Waals surface area contributed by atoms with Gasteiger partial charge in [-0.1, -0.05) is 0 Å². The maximum Gasteiger partial charge on any atom is 0.303 e. The SMILES string of the molecule is CC(=O)OCc1c(I)c(N)cc(C(=O)N(I)CC(COC(C)=O)OC(C)=O)c1I. The molecular weight excluding hydrogens is 725 g/mol. The number of halogens is 3. The zero-order chi connectivity index (χ0) is 22.3. The molecule has 0 heterocycles. The van der Waals surface area contributed by atoms with Gasteiger partial charge in [-0.15, -0.1) is 0 Å². The van der Waals surface area contributed by atoms with E-state index in [1.54, 1.807) is 28.9 Å². The molecule has 0 aliphatic rings. The third-order valence-electron chi connectivity index (χ3n) is 3.36. The number of nitrogens with zero attached hydrogens (tertiary/aromatic N) is 1. The molecule has 1 amide bonds. The minimum Gasteiger partial charge on any atom is -0.462 e. The number of nitrogens with two attached hydrogens (primary N) is 1. The Kier molecular flexibility index (Phi) is 10.9. The van der Waals surface area contributed by atoms with E-state index in [4.69, 9.17) is 19.9 Å². The van der Waals surface area contributed by atoms with Gasteiger partial charge in [-0.2, -0.15) is 0 Å². The largest absolute Gasteiger partial charge is 0.462 e. The lowest BCUT2D eigenvalue weighted by Crippen LogP contribution is -2.36. The Hall–Kier alpha value is -0.910. The first kappa shape index (κ1) is 26.1. The van der Waals surface area contributed by atoms with Crippen molar-refractivity contribution >= 4 is 97.5 Å². The number of carbonyl (C=O) groups excluding carboxylic acids is 4. The van der Waals surface area contributed by atoms with Gasteiger partial charge in [-0.05, 0) is 51.2 Å². The fourth-order valence-electron chi connectivity index (χ4n) is 2.13. The van der Waals surface area contributed by atoms with Crippen LogP contribution in [0.5, 0.6) is 0 Å². The van der Waals surface area contributed by atoms with Gasteiger partial charge in [-0.3, -0.25) is 22.3 Å². The Balaban J connectivity index is 3.09. The highest BCUT2D eigenvalue weighted by atomic mass is 127. The number of nitrogen functional groups attached to an aromatic ring is 1. The maximum atomic E-state index is 13.0. The minimum atomic E-state index is -0.823. The molecule has 0 saturated heterocycles. The van der Waals surface area contributed by atoms with Crippen LogP contribution in [0.25, 0.3) is 0 Å². The van der Waals surface area contributed by atoms with Crippen molar-refractivity contribution in [3.8, 4) is 0 Å². The van der Waals surface area contributed by atoms with Crippen LogP contribution in [0.4, 0.5) is 5.69 Å². The summed E-state index contributed by atoms with van der Waals surface area (Å²) in [5, 5.41) is 0. The van der Waals surface area contributed by atoms with E-state index in [0.717, 1.165) is 0 Å². The van der Waals surface area contributed by atoms with Gasteiger partial charge in [0.15, 0.2) is 6.10 Å². The van der Waals surface area contributed by atoms with Crippen molar-refractivity contribution in [3.05, 3.63) is 24.3 Å². The van der Waals surface area contributed by atoms with E-state index < -0.39 is 24.0 Å². The molecule has 0 aromatic heterocycles. The van der Waals surface area contributed by atoms with E-state index in [1.807, 2.05) is 45.2 Å². The van der Waals surface area contributed by atoms with Gasteiger partial charge < -0.3 is 19.9 Å². The van der Waals surface area contributed by atoms with Crippen LogP contribution in [0.3, 0.4) is 0 Å². The second-order valence-electron chi connectivity index (χ2n) is 5.78. The number of rotatable bonds is 8. The number of ether oxygens (including phenoxy) is 3. The molecule has 1 rings (SSSR count). The van der Waals surface area contributed by atoms with Crippen LogP contribution >= 0.6 is 68.0 Å². The molecule has 1 aromatic rings. The summed E-state index contributed by atoms with van der Waals surface area (Å²) in [4.78, 5) is 46.5. The Bertz CT molecular complexity index is 817. The first-order valence-electron chi connectivity index (χ1n) is 8.11. The summed E-state index contributed by atoms with van der Waals surface area (Å²) in [6.07, 6.45) is -0.823. The van der Waals surface area contributed by atoms with E-state index in [9.17, 15) is 19.2 Å². The lowest BCUT2D eigenvalue weighted by Gasteiger charge is -2.23. The molecule has 0 bridgehead atoms. The molecule has 0 aliphatic carbocycles. The molecule has 1 aromatic carbocycles. The van der Waals surface area contributed by atoms with Gasteiger partial charge >= 0.3 is 17.9 Å². The van der Waals surface area contributed by atoms with Crippen molar-refractivity contribution in [2.75, 3.05) is 18.9 Å². The summed E-state index contributed by atoms with van der Waals surface area (Å²) in [6.45, 7) is 3.56. The number of anilines is 1. The van der Waals surface area contributed by atoms with Crippen LogP contribution in [0.15, 0.2) is 6.07 Å². The normalized spacial score (nSPS) is 11.4. The standard InChI is InChI=1S/C17H19I3N2O7/c1-8(23)27-6-11(29-10(3)25)5-22(20)17(26)12-4-14(21)16(19)13(15(12)18)7-28-9(2)24/h4,11H,5-7,21H2,1-3H3.